The Morgan fingerprint density at radius 3 is 1.31 bits per heavy atom. The number of aliphatic hydroxyl groups is 2. The molecule has 4 aliphatic rings. The van der Waals surface area contributed by atoms with Crippen molar-refractivity contribution in [2.75, 3.05) is 0 Å². The summed E-state index contributed by atoms with van der Waals surface area (Å²) in [5, 5.41) is 21.6. The van der Waals surface area contributed by atoms with Crippen molar-refractivity contribution in [1.29, 1.82) is 0 Å². The Hall–Kier alpha value is -0.600. The van der Waals surface area contributed by atoms with Crippen LogP contribution < -0.4 is 0 Å². The molecule has 0 heterocycles. The predicted molar refractivity (Wildman–Crippen MR) is 134 cm³/mol. The SMILES string of the molecule is CC1=C(CCC2=C(C)CCC3C2(C)CCC(O)C3(C)C)C2(C)CCC(O)C(C)(C)C2CC1. The van der Waals surface area contributed by atoms with Gasteiger partial charge in [-0.05, 0) is 112 Å². The second-order valence-corrected chi connectivity index (χ2v) is 13.8. The third-order valence-electron chi connectivity index (χ3n) is 11.6. The molecule has 0 spiro atoms. The smallest absolute Gasteiger partial charge is 0.0594 e. The Morgan fingerprint density at radius 2 is 0.969 bits per heavy atom. The van der Waals surface area contributed by atoms with Crippen molar-refractivity contribution in [2.45, 2.75) is 132 Å². The second-order valence-electron chi connectivity index (χ2n) is 13.8. The van der Waals surface area contributed by atoms with Crippen LogP contribution in [0.25, 0.3) is 0 Å². The molecule has 32 heavy (non-hydrogen) atoms. The standard InChI is InChI=1S/C30H50O2/c1-19-9-13-23-27(3,4)25(31)15-17-29(23,7)21(19)11-12-22-20(2)10-14-24-28(5,6)26(32)16-18-30(22,24)8/h23-26,31-32H,9-18H2,1-8H3. The molecule has 6 atom stereocenters. The van der Waals surface area contributed by atoms with Gasteiger partial charge in [-0.3, -0.25) is 0 Å². The third kappa shape index (κ3) is 3.49. The van der Waals surface area contributed by atoms with Gasteiger partial charge in [0, 0.05) is 0 Å². The molecule has 2 saturated carbocycles. The van der Waals surface area contributed by atoms with Crippen LogP contribution in [0.2, 0.25) is 0 Å². The molecule has 4 aliphatic carbocycles. The molecular formula is C30H50O2. The fourth-order valence-corrected chi connectivity index (χ4v) is 9.42. The van der Waals surface area contributed by atoms with Crippen LogP contribution in [-0.2, 0) is 0 Å². The van der Waals surface area contributed by atoms with Gasteiger partial charge in [0.15, 0.2) is 0 Å². The zero-order valence-corrected chi connectivity index (χ0v) is 22.3. The first kappa shape index (κ1) is 24.5. The lowest BCUT2D eigenvalue weighted by molar-refractivity contribution is -0.0917. The predicted octanol–water partition coefficient (Wildman–Crippen LogP) is 7.59. The van der Waals surface area contributed by atoms with E-state index in [9.17, 15) is 10.2 Å². The van der Waals surface area contributed by atoms with Gasteiger partial charge in [0.1, 0.15) is 0 Å². The highest BCUT2D eigenvalue weighted by Crippen LogP contribution is 2.63. The number of fused-ring (bicyclic) bond motifs is 2. The van der Waals surface area contributed by atoms with Crippen LogP contribution in [0.3, 0.4) is 0 Å². The Kier molecular flexibility index (Phi) is 6.11. The van der Waals surface area contributed by atoms with Gasteiger partial charge in [-0.2, -0.15) is 0 Å². The van der Waals surface area contributed by atoms with E-state index in [0.29, 0.717) is 11.8 Å². The molecule has 0 aromatic rings. The van der Waals surface area contributed by atoms with Gasteiger partial charge in [-0.25, -0.2) is 0 Å². The van der Waals surface area contributed by atoms with Crippen LogP contribution in [0.5, 0.6) is 0 Å². The van der Waals surface area contributed by atoms with Crippen molar-refractivity contribution in [3.8, 4) is 0 Å². The summed E-state index contributed by atoms with van der Waals surface area (Å²) in [6, 6.07) is 0. The quantitative estimate of drug-likeness (QED) is 0.442. The van der Waals surface area contributed by atoms with Gasteiger partial charge in [0.25, 0.3) is 0 Å². The van der Waals surface area contributed by atoms with Crippen LogP contribution in [0, 0.1) is 33.5 Å². The van der Waals surface area contributed by atoms with E-state index in [-0.39, 0.29) is 33.9 Å². The van der Waals surface area contributed by atoms with Gasteiger partial charge < -0.3 is 10.2 Å². The van der Waals surface area contributed by atoms with Gasteiger partial charge in [0.05, 0.1) is 12.2 Å². The maximum Gasteiger partial charge on any atom is 0.0594 e. The fraction of sp³-hybridized carbons (Fsp3) is 0.867. The molecule has 0 aromatic heterocycles. The first-order chi connectivity index (χ1) is 14.8. The molecule has 2 nitrogen and oxygen atoms in total. The lowest BCUT2D eigenvalue weighted by Gasteiger charge is -2.58. The van der Waals surface area contributed by atoms with E-state index < -0.39 is 0 Å². The molecule has 0 aromatic carbocycles. The van der Waals surface area contributed by atoms with Crippen molar-refractivity contribution >= 4 is 0 Å². The van der Waals surface area contributed by atoms with E-state index in [2.05, 4.69) is 55.4 Å². The van der Waals surface area contributed by atoms with E-state index in [1.807, 2.05) is 0 Å². The van der Waals surface area contributed by atoms with Gasteiger partial charge >= 0.3 is 0 Å². The molecule has 0 bridgehead atoms. The second kappa shape index (κ2) is 7.98. The molecule has 0 aliphatic heterocycles. The molecule has 4 rings (SSSR count). The molecule has 6 unspecified atom stereocenters. The normalized spacial score (nSPS) is 43.7. The molecule has 0 saturated heterocycles. The van der Waals surface area contributed by atoms with Crippen LogP contribution in [0.15, 0.2) is 22.3 Å². The van der Waals surface area contributed by atoms with Crippen LogP contribution in [-0.4, -0.2) is 22.4 Å². The Balaban J connectivity index is 1.62. The fourth-order valence-electron chi connectivity index (χ4n) is 9.42. The number of hydrogen-bond donors (Lipinski definition) is 2. The zero-order valence-electron chi connectivity index (χ0n) is 22.3. The molecule has 182 valence electrons. The van der Waals surface area contributed by atoms with Crippen LogP contribution in [0.1, 0.15) is 120 Å². The highest BCUT2D eigenvalue weighted by molar-refractivity contribution is 5.32. The average molecular weight is 443 g/mol. The minimum absolute atomic E-state index is 0.000417. The van der Waals surface area contributed by atoms with Crippen molar-refractivity contribution in [1.82, 2.24) is 0 Å². The first-order valence-corrected chi connectivity index (χ1v) is 13.5. The number of hydrogen-bond acceptors (Lipinski definition) is 2. The summed E-state index contributed by atoms with van der Waals surface area (Å²) in [6.45, 7) is 19.1. The van der Waals surface area contributed by atoms with E-state index in [0.717, 1.165) is 25.7 Å². The molecule has 2 N–H and O–H groups in total. The number of aliphatic hydroxyl groups excluding tert-OH is 2. The summed E-state index contributed by atoms with van der Waals surface area (Å²) in [6.07, 6.45) is 11.0. The molecule has 0 radical (unpaired) electrons. The Morgan fingerprint density at radius 1 is 0.625 bits per heavy atom. The maximum absolute atomic E-state index is 10.8. The minimum Gasteiger partial charge on any atom is -0.393 e. The summed E-state index contributed by atoms with van der Waals surface area (Å²) in [7, 11) is 0. The van der Waals surface area contributed by atoms with Gasteiger partial charge in [-0.1, -0.05) is 63.8 Å². The molecule has 2 heteroatoms. The maximum atomic E-state index is 10.8. The van der Waals surface area contributed by atoms with E-state index in [1.54, 1.807) is 22.3 Å². The summed E-state index contributed by atoms with van der Waals surface area (Å²) < 4.78 is 0. The summed E-state index contributed by atoms with van der Waals surface area (Å²) >= 11 is 0. The van der Waals surface area contributed by atoms with Crippen molar-refractivity contribution in [3.63, 3.8) is 0 Å². The average Bonchev–Trinajstić information content (AvgIpc) is 2.69. The molecular weight excluding hydrogens is 392 g/mol. The van der Waals surface area contributed by atoms with Crippen molar-refractivity contribution in [3.05, 3.63) is 22.3 Å². The number of allylic oxidation sites excluding steroid dienone is 4. The largest absolute Gasteiger partial charge is 0.393 e. The van der Waals surface area contributed by atoms with Gasteiger partial charge in [0.2, 0.25) is 0 Å². The van der Waals surface area contributed by atoms with Crippen molar-refractivity contribution < 1.29 is 10.2 Å². The summed E-state index contributed by atoms with van der Waals surface area (Å²) in [4.78, 5) is 0. The molecule has 2 fully saturated rings. The first-order valence-electron chi connectivity index (χ1n) is 13.5. The Bertz CT molecular complexity index is 747. The number of rotatable bonds is 3. The Labute approximate surface area is 198 Å². The van der Waals surface area contributed by atoms with E-state index in [1.165, 1.54) is 38.5 Å². The monoisotopic (exact) mass is 442 g/mol. The van der Waals surface area contributed by atoms with Gasteiger partial charge in [-0.15, -0.1) is 0 Å². The van der Waals surface area contributed by atoms with Crippen molar-refractivity contribution in [2.24, 2.45) is 33.5 Å². The lowest BCUT2D eigenvalue weighted by Crippen LogP contribution is -2.52. The highest BCUT2D eigenvalue weighted by atomic mass is 16.3. The molecule has 0 amide bonds. The lowest BCUT2D eigenvalue weighted by atomic mass is 9.47. The summed E-state index contributed by atoms with van der Waals surface area (Å²) in [5.74, 6) is 1.15. The van der Waals surface area contributed by atoms with E-state index in [4.69, 9.17) is 0 Å². The summed E-state index contributed by atoms with van der Waals surface area (Å²) in [5.41, 5.74) is 7.16. The van der Waals surface area contributed by atoms with Crippen LogP contribution in [0.4, 0.5) is 0 Å². The van der Waals surface area contributed by atoms with E-state index >= 15 is 0 Å². The third-order valence-corrected chi connectivity index (χ3v) is 11.6. The highest BCUT2D eigenvalue weighted by Gasteiger charge is 2.55. The topological polar surface area (TPSA) is 40.5 Å². The zero-order chi connectivity index (χ0) is 23.7. The van der Waals surface area contributed by atoms with Crippen LogP contribution >= 0.6 is 0 Å². The minimum atomic E-state index is -0.168.